The molecule has 101 heavy (non-hydrogen) atoms. The summed E-state index contributed by atoms with van der Waals surface area (Å²) in [5, 5.41) is 22.9. The van der Waals surface area contributed by atoms with Gasteiger partial charge in [-0.25, -0.2) is 9.97 Å². The lowest BCUT2D eigenvalue weighted by Crippen LogP contribution is -2.63. The lowest BCUT2D eigenvalue weighted by Gasteiger charge is -2.41. The van der Waals surface area contributed by atoms with Gasteiger partial charge in [-0.05, 0) is 101 Å². The van der Waals surface area contributed by atoms with E-state index >= 15 is 9.59 Å². The average molecular weight is 1470 g/mol. The standard InChI is InChI=1S/C62H111N11O12.C6H8ClN7O.ClH/c1-25-27-28-40(15)52(75)51-56(79)65-43(26-2)58(81)67(18)33-48(74)68(19)44(29-34(3)4)55(78)66-49(38(11)12)61(84)69(20)45(30-35(5)6)54(77)63-41(16)53(76)64-42(17)57(80)70(21)46(31-36(7)8)59(82)71(22)47(32-37(9)10)60(83)72(23)50(39(13)14)62(85)73(51)24;7-2-4(9)13-3(8)1(12-2)5(15)14-6(10)11;/h25,27,34-47,49-52,75H,26,28-33H2,1-24H3,(H,63,77)(H,64,76)(H,65,79)(H,66,78);(H4,8,9,13)(H4,10,11,14,15);1H. The molecule has 12 amide bonds. The highest BCUT2D eigenvalue weighted by Gasteiger charge is 2.46. The minimum absolute atomic E-state index is 0. The summed E-state index contributed by atoms with van der Waals surface area (Å²) >= 11 is 5.55. The molecule has 33 heteroatoms. The van der Waals surface area contributed by atoms with Crippen LogP contribution in [0.5, 0.6) is 0 Å². The fraction of sp³-hybridized carbons (Fsp3) is 0.721. The maximum atomic E-state index is 15.1. The highest BCUT2D eigenvalue weighted by Crippen LogP contribution is 2.26. The van der Waals surface area contributed by atoms with Gasteiger partial charge in [-0.3, -0.25) is 57.5 Å². The smallest absolute Gasteiger partial charge is 0.302 e. The average Bonchev–Trinajstić information content (AvgIpc) is 0.805. The second-order valence-corrected chi connectivity index (χ2v) is 28.9. The number of amides is 12. The van der Waals surface area contributed by atoms with Crippen molar-refractivity contribution in [3.8, 4) is 0 Å². The van der Waals surface area contributed by atoms with Gasteiger partial charge >= 0.3 is 5.91 Å². The van der Waals surface area contributed by atoms with Crippen molar-refractivity contribution in [3.05, 3.63) is 23.0 Å². The van der Waals surface area contributed by atoms with E-state index in [9.17, 15) is 53.1 Å². The molecule has 13 N–H and O–H groups in total. The first-order valence-electron chi connectivity index (χ1n) is 34.2. The topological polar surface area (TPSA) is 438 Å². The van der Waals surface area contributed by atoms with Crippen LogP contribution in [0.4, 0.5) is 11.6 Å². The van der Waals surface area contributed by atoms with E-state index in [1.807, 2.05) is 61.5 Å². The Balaban J connectivity index is 0.00000549. The maximum absolute atomic E-state index is 15.1. The quantitative estimate of drug-likeness (QED) is 0.0652. The fourth-order valence-electron chi connectivity index (χ4n) is 11.5. The van der Waals surface area contributed by atoms with Crippen LogP contribution in [0.25, 0.3) is 0 Å². The third-order valence-corrected chi connectivity index (χ3v) is 17.7. The Morgan fingerprint density at radius 1 is 0.554 bits per heavy atom. The number of hydrogen-bond acceptors (Lipinski definition) is 17. The van der Waals surface area contributed by atoms with Crippen LogP contribution in [0.1, 0.15) is 167 Å². The van der Waals surface area contributed by atoms with Gasteiger partial charge in [0.25, 0.3) is 0 Å². The zero-order valence-electron chi connectivity index (χ0n) is 63.9. The molecule has 2 rings (SSSR count). The number of carbonyl (C=O) groups excluding carboxylic acids is 12. The molecule has 2 heterocycles. The summed E-state index contributed by atoms with van der Waals surface area (Å²) < 4.78 is 0. The molecule has 1 aromatic heterocycles. The van der Waals surface area contributed by atoms with E-state index in [0.29, 0.717) is 6.42 Å². The first kappa shape index (κ1) is 93.1. The zero-order chi connectivity index (χ0) is 77.6. The summed E-state index contributed by atoms with van der Waals surface area (Å²) in [7, 11) is 9.92. The Hall–Kier alpha value is -7.93. The summed E-state index contributed by atoms with van der Waals surface area (Å²) in [5.74, 6) is -11.2. The molecule has 12 atom stereocenters. The van der Waals surface area contributed by atoms with Gasteiger partial charge in [-0.15, -0.1) is 12.4 Å². The number of allylic oxidation sites excluding steroid dienone is 2. The normalized spacial score (nSPS) is 24.1. The van der Waals surface area contributed by atoms with Crippen molar-refractivity contribution in [2.24, 2.45) is 57.9 Å². The van der Waals surface area contributed by atoms with Crippen LogP contribution in [-0.2, 0) is 52.7 Å². The molecule has 0 spiro atoms. The molecule has 1 fully saturated rings. The van der Waals surface area contributed by atoms with Gasteiger partial charge in [-0.2, -0.15) is 4.99 Å². The Morgan fingerprint density at radius 3 is 1.45 bits per heavy atom. The third-order valence-electron chi connectivity index (χ3n) is 17.4. The van der Waals surface area contributed by atoms with Crippen LogP contribution in [0, 0.1) is 41.4 Å². The number of aliphatic hydroxyl groups is 1. The highest BCUT2D eigenvalue weighted by molar-refractivity contribution is 6.31. The summed E-state index contributed by atoms with van der Waals surface area (Å²) in [6.07, 6.45) is 3.04. The number of nitrogens with one attached hydrogen (secondary N) is 4. The minimum atomic E-state index is -1.61. The molecule has 1 aliphatic rings. The molecule has 1 aromatic rings. The zero-order valence-corrected chi connectivity index (χ0v) is 65.5. The van der Waals surface area contributed by atoms with Crippen molar-refractivity contribution in [3.63, 3.8) is 0 Å². The summed E-state index contributed by atoms with van der Waals surface area (Å²) in [5.41, 5.74) is 20.5. The molecular weight excluding hydrogens is 1350 g/mol. The van der Waals surface area contributed by atoms with Crippen molar-refractivity contribution in [1.82, 2.24) is 65.5 Å². The predicted octanol–water partition coefficient (Wildman–Crippen LogP) is 2.40. The van der Waals surface area contributed by atoms with E-state index < -0.39 is 168 Å². The summed E-state index contributed by atoms with van der Waals surface area (Å²) in [6.45, 7) is 29.3. The molecule has 0 aliphatic carbocycles. The largest absolute Gasteiger partial charge is 0.390 e. The Kier molecular flexibility index (Phi) is 39.1. The number of rotatable bonds is 16. The van der Waals surface area contributed by atoms with Gasteiger partial charge < -0.3 is 83.6 Å². The molecule has 12 unspecified atom stereocenters. The van der Waals surface area contributed by atoms with E-state index in [0.717, 1.165) is 9.80 Å². The Labute approximate surface area is 608 Å². The first-order valence-corrected chi connectivity index (χ1v) is 34.6. The van der Waals surface area contributed by atoms with E-state index in [4.69, 9.17) is 34.5 Å². The number of anilines is 2. The molecule has 0 aromatic carbocycles. The van der Waals surface area contributed by atoms with Crippen molar-refractivity contribution < 1.29 is 62.6 Å². The monoisotopic (exact) mass is 1470 g/mol. The highest BCUT2D eigenvalue weighted by atomic mass is 35.5. The molecular formula is C68H120Cl2N18O13. The van der Waals surface area contributed by atoms with Gasteiger partial charge in [-0.1, -0.05) is 121 Å². The number of nitrogen functional groups attached to an aromatic ring is 2. The number of hydrogen-bond donors (Lipinski definition) is 9. The second kappa shape index (κ2) is 42.5. The molecule has 0 radical (unpaired) electrons. The van der Waals surface area contributed by atoms with Gasteiger partial charge in [0, 0.05) is 49.3 Å². The molecule has 574 valence electrons. The molecule has 31 nitrogen and oxygen atoms in total. The van der Waals surface area contributed by atoms with Crippen LogP contribution < -0.4 is 44.2 Å². The van der Waals surface area contributed by atoms with Crippen LogP contribution >= 0.6 is 24.0 Å². The van der Waals surface area contributed by atoms with Crippen LogP contribution in [0.15, 0.2) is 17.1 Å². The lowest BCUT2D eigenvalue weighted by atomic mass is 9.91. The number of guanidine groups is 1. The van der Waals surface area contributed by atoms with Crippen molar-refractivity contribution >= 4 is 112 Å². The van der Waals surface area contributed by atoms with E-state index in [1.165, 1.54) is 87.7 Å². The third kappa shape index (κ3) is 27.1. The van der Waals surface area contributed by atoms with Crippen LogP contribution in [-0.4, -0.2) is 249 Å². The molecule has 1 aliphatic heterocycles. The number of nitrogens with zero attached hydrogens (tertiary/aromatic N) is 10. The SMILES string of the molecule is CC=CCC(C)C(O)C1C(=O)NC(CC)C(=O)N(C)CC(=O)N(C)C(CC(C)C)C(=O)NC(C(C)C)C(=O)N(C)C(CC(C)C)C(=O)NC(C)C(=O)NC(C)C(=O)N(C)C(CC(C)C)C(=O)N(C)C(CC(C)C)C(=O)N(C)C(C(C)C)C(=O)N1C.Cl.NC(N)=NC(=O)c1nc(Cl)c(N)nc1N. The van der Waals surface area contributed by atoms with Gasteiger partial charge in [0.2, 0.25) is 65.0 Å². The van der Waals surface area contributed by atoms with Crippen molar-refractivity contribution in [1.29, 1.82) is 0 Å². The summed E-state index contributed by atoms with van der Waals surface area (Å²) in [4.78, 5) is 190. The van der Waals surface area contributed by atoms with Gasteiger partial charge in [0.1, 0.15) is 60.4 Å². The fourth-order valence-corrected chi connectivity index (χ4v) is 11.6. The number of aliphatic hydroxyl groups excluding tert-OH is 1. The van der Waals surface area contributed by atoms with Gasteiger partial charge in [0.05, 0.1) is 12.6 Å². The molecule has 1 saturated heterocycles. The molecule has 0 bridgehead atoms. The molecule has 0 saturated carbocycles. The number of carbonyl (C=O) groups is 12. The van der Waals surface area contributed by atoms with Gasteiger partial charge in [0.15, 0.2) is 28.4 Å². The van der Waals surface area contributed by atoms with Crippen molar-refractivity contribution in [2.75, 3.05) is 67.3 Å². The predicted molar refractivity (Wildman–Crippen MR) is 392 cm³/mol. The van der Waals surface area contributed by atoms with E-state index in [1.54, 1.807) is 54.5 Å². The Bertz CT molecular complexity index is 3070. The van der Waals surface area contributed by atoms with Crippen LogP contribution in [0.3, 0.4) is 0 Å². The number of halogens is 2. The van der Waals surface area contributed by atoms with Crippen LogP contribution in [0.2, 0.25) is 5.15 Å². The summed E-state index contributed by atoms with van der Waals surface area (Å²) in [6, 6.07) is -12.3. The second-order valence-electron chi connectivity index (χ2n) is 28.6. The van der Waals surface area contributed by atoms with E-state index in [2.05, 4.69) is 36.2 Å². The Morgan fingerprint density at radius 2 is 0.990 bits per heavy atom. The first-order chi connectivity index (χ1) is 46.1. The number of aromatic nitrogens is 2. The number of likely N-dealkylation sites (N-methyl/N-ethyl adjacent to an activating group) is 7. The number of aliphatic imine (C=N–C) groups is 1. The van der Waals surface area contributed by atoms with E-state index in [-0.39, 0.29) is 90.7 Å². The maximum Gasteiger partial charge on any atom is 0.302 e. The minimum Gasteiger partial charge on any atom is -0.390 e. The number of nitrogens with two attached hydrogens (primary N) is 4. The lowest BCUT2D eigenvalue weighted by molar-refractivity contribution is -0.157. The van der Waals surface area contributed by atoms with Crippen molar-refractivity contribution in [2.45, 2.75) is 223 Å².